The van der Waals surface area contributed by atoms with Gasteiger partial charge < -0.3 is 5.11 Å². The zero-order valence-corrected chi connectivity index (χ0v) is 15.8. The molecular weight excluding hydrogens is 374 g/mol. The number of hydrogen-bond donors (Lipinski definition) is 1. The topological polar surface area (TPSA) is 74.7 Å². The molecule has 0 amide bonds. The van der Waals surface area contributed by atoms with Gasteiger partial charge in [0.1, 0.15) is 0 Å². The van der Waals surface area contributed by atoms with E-state index in [1.54, 1.807) is 30.3 Å². The van der Waals surface area contributed by atoms with E-state index in [1.807, 2.05) is 48.5 Å². The molecule has 0 bridgehead atoms. The van der Waals surface area contributed by atoms with Crippen LogP contribution in [0.15, 0.2) is 83.8 Å². The lowest BCUT2D eigenvalue weighted by molar-refractivity contribution is -0.137. The highest BCUT2D eigenvalue weighted by molar-refractivity contribution is 7.93. The number of aliphatic carboxylic acids is 1. The van der Waals surface area contributed by atoms with Crippen molar-refractivity contribution in [3.8, 4) is 11.1 Å². The molecule has 1 N–H and O–H groups in total. The summed E-state index contributed by atoms with van der Waals surface area (Å²) in [4.78, 5) is 11.5. The highest BCUT2D eigenvalue weighted by Gasteiger charge is 2.38. The van der Waals surface area contributed by atoms with Crippen molar-refractivity contribution in [2.45, 2.75) is 17.2 Å². The average Bonchev–Trinajstić information content (AvgIpc) is 3.07. The molecule has 0 fully saturated rings. The van der Waals surface area contributed by atoms with Gasteiger partial charge >= 0.3 is 5.97 Å². The standard InChI is InChI=1S/C22H19NO4S/c24-22(25)14-17-15-23(20-12-6-4-10-18(17)20)28(26,27)21-13-7-5-11-19(21)16-8-2-1-3-9-16/h1-13,17H,14-15H2,(H,24,25). The van der Waals surface area contributed by atoms with Crippen LogP contribution in [-0.4, -0.2) is 26.0 Å². The maximum Gasteiger partial charge on any atom is 0.304 e. The molecule has 1 heterocycles. The van der Waals surface area contributed by atoms with Gasteiger partial charge in [-0.15, -0.1) is 0 Å². The number of fused-ring (bicyclic) bond motifs is 1. The monoisotopic (exact) mass is 393 g/mol. The Morgan fingerprint density at radius 1 is 0.929 bits per heavy atom. The minimum absolute atomic E-state index is 0.108. The lowest BCUT2D eigenvalue weighted by atomic mass is 9.98. The van der Waals surface area contributed by atoms with Gasteiger partial charge in [0.05, 0.1) is 17.0 Å². The predicted octanol–water partition coefficient (Wildman–Crippen LogP) is 4.12. The van der Waals surface area contributed by atoms with Crippen LogP contribution in [0.25, 0.3) is 11.1 Å². The molecule has 1 aliphatic heterocycles. The van der Waals surface area contributed by atoms with Crippen molar-refractivity contribution in [1.82, 2.24) is 0 Å². The minimum atomic E-state index is -3.86. The van der Waals surface area contributed by atoms with Gasteiger partial charge in [0.25, 0.3) is 10.0 Å². The summed E-state index contributed by atoms with van der Waals surface area (Å²) < 4.78 is 28.5. The van der Waals surface area contributed by atoms with Crippen molar-refractivity contribution in [2.75, 3.05) is 10.8 Å². The van der Waals surface area contributed by atoms with Crippen molar-refractivity contribution in [1.29, 1.82) is 0 Å². The largest absolute Gasteiger partial charge is 0.481 e. The van der Waals surface area contributed by atoms with Crippen LogP contribution in [0.1, 0.15) is 17.9 Å². The van der Waals surface area contributed by atoms with Crippen molar-refractivity contribution in [3.63, 3.8) is 0 Å². The normalized spacial score (nSPS) is 16.0. The second-order valence-corrected chi connectivity index (χ2v) is 8.58. The van der Waals surface area contributed by atoms with Crippen LogP contribution in [-0.2, 0) is 14.8 Å². The van der Waals surface area contributed by atoms with Crippen molar-refractivity contribution in [2.24, 2.45) is 0 Å². The third-order valence-electron chi connectivity index (χ3n) is 4.99. The summed E-state index contributed by atoms with van der Waals surface area (Å²) in [6, 6.07) is 23.4. The van der Waals surface area contributed by atoms with Crippen LogP contribution in [0.3, 0.4) is 0 Å². The van der Waals surface area contributed by atoms with Crippen LogP contribution >= 0.6 is 0 Å². The molecule has 1 atom stereocenters. The molecule has 4 rings (SSSR count). The molecule has 6 heteroatoms. The fraction of sp³-hybridized carbons (Fsp3) is 0.136. The number of carbonyl (C=O) groups is 1. The quantitative estimate of drug-likeness (QED) is 0.708. The first-order valence-electron chi connectivity index (χ1n) is 8.96. The number of carboxylic acids is 1. The predicted molar refractivity (Wildman–Crippen MR) is 108 cm³/mol. The van der Waals surface area contributed by atoms with E-state index in [1.165, 1.54) is 4.31 Å². The van der Waals surface area contributed by atoms with E-state index in [-0.39, 0.29) is 23.8 Å². The summed E-state index contributed by atoms with van der Waals surface area (Å²) in [5.74, 6) is -1.31. The molecule has 142 valence electrons. The molecule has 5 nitrogen and oxygen atoms in total. The molecular formula is C22H19NO4S. The summed E-state index contributed by atoms with van der Waals surface area (Å²) in [5, 5.41) is 9.23. The summed E-state index contributed by atoms with van der Waals surface area (Å²) in [7, 11) is -3.86. The number of hydrogen-bond acceptors (Lipinski definition) is 3. The summed E-state index contributed by atoms with van der Waals surface area (Å²) in [5.41, 5.74) is 2.75. The van der Waals surface area contributed by atoms with Crippen LogP contribution in [0.5, 0.6) is 0 Å². The van der Waals surface area contributed by atoms with Gasteiger partial charge in [0.2, 0.25) is 0 Å². The Balaban J connectivity index is 1.82. The van der Waals surface area contributed by atoms with E-state index in [4.69, 9.17) is 0 Å². The summed E-state index contributed by atoms with van der Waals surface area (Å²) >= 11 is 0. The third kappa shape index (κ3) is 3.16. The van der Waals surface area contributed by atoms with E-state index in [0.29, 0.717) is 11.3 Å². The second kappa shape index (κ2) is 7.13. The van der Waals surface area contributed by atoms with Crippen molar-refractivity contribution >= 4 is 21.7 Å². The number of rotatable bonds is 5. The lowest BCUT2D eigenvalue weighted by Crippen LogP contribution is -2.30. The van der Waals surface area contributed by atoms with Gasteiger partial charge in [-0.05, 0) is 23.3 Å². The number of benzene rings is 3. The Kier molecular flexibility index (Phi) is 4.65. The van der Waals surface area contributed by atoms with Gasteiger partial charge in [0, 0.05) is 18.0 Å². The molecule has 0 aliphatic carbocycles. The molecule has 1 unspecified atom stereocenters. The molecule has 3 aromatic rings. The van der Waals surface area contributed by atoms with Crippen LogP contribution in [0.2, 0.25) is 0 Å². The lowest BCUT2D eigenvalue weighted by Gasteiger charge is -2.22. The summed E-state index contributed by atoms with van der Waals surface area (Å²) in [6.45, 7) is 0.122. The molecule has 0 spiro atoms. The van der Waals surface area contributed by atoms with E-state index in [0.717, 1.165) is 11.1 Å². The Morgan fingerprint density at radius 3 is 2.32 bits per heavy atom. The third-order valence-corrected chi connectivity index (χ3v) is 6.83. The van der Waals surface area contributed by atoms with Gasteiger partial charge in [-0.1, -0.05) is 66.7 Å². The van der Waals surface area contributed by atoms with Crippen molar-refractivity contribution < 1.29 is 18.3 Å². The Hall–Kier alpha value is -3.12. The fourth-order valence-electron chi connectivity index (χ4n) is 3.74. The highest BCUT2D eigenvalue weighted by atomic mass is 32.2. The van der Waals surface area contributed by atoms with Gasteiger partial charge in [0.15, 0.2) is 0 Å². The molecule has 0 saturated carbocycles. The highest BCUT2D eigenvalue weighted by Crippen LogP contribution is 2.42. The minimum Gasteiger partial charge on any atom is -0.481 e. The number of para-hydroxylation sites is 1. The number of anilines is 1. The maximum absolute atomic E-state index is 13.6. The first-order chi connectivity index (χ1) is 13.5. The van der Waals surface area contributed by atoms with Crippen molar-refractivity contribution in [3.05, 3.63) is 84.4 Å². The zero-order valence-electron chi connectivity index (χ0n) is 15.0. The number of sulfonamides is 1. The number of nitrogens with zero attached hydrogens (tertiary/aromatic N) is 1. The van der Waals surface area contributed by atoms with E-state index in [2.05, 4.69) is 0 Å². The maximum atomic E-state index is 13.6. The first kappa shape index (κ1) is 18.3. The summed E-state index contributed by atoms with van der Waals surface area (Å²) in [6.07, 6.45) is -0.108. The molecule has 1 aliphatic rings. The SMILES string of the molecule is O=C(O)CC1CN(S(=O)(=O)c2ccccc2-c2ccccc2)c2ccccc21. The molecule has 0 aromatic heterocycles. The van der Waals surface area contributed by atoms with Gasteiger partial charge in [-0.3, -0.25) is 9.10 Å². The molecule has 0 saturated heterocycles. The Labute approximate surface area is 163 Å². The Morgan fingerprint density at radius 2 is 1.57 bits per heavy atom. The fourth-order valence-corrected chi connectivity index (χ4v) is 5.49. The number of carboxylic acid groups (broad SMARTS) is 1. The Bertz CT molecular complexity index is 1130. The zero-order chi connectivity index (χ0) is 19.7. The average molecular weight is 393 g/mol. The second-order valence-electron chi connectivity index (χ2n) is 6.75. The van der Waals surface area contributed by atoms with Gasteiger partial charge in [-0.2, -0.15) is 0 Å². The molecule has 3 aromatic carbocycles. The van der Waals surface area contributed by atoms with Crippen LogP contribution in [0, 0.1) is 0 Å². The first-order valence-corrected chi connectivity index (χ1v) is 10.4. The van der Waals surface area contributed by atoms with Crippen LogP contribution < -0.4 is 4.31 Å². The van der Waals surface area contributed by atoms with E-state index in [9.17, 15) is 18.3 Å². The van der Waals surface area contributed by atoms with E-state index < -0.39 is 16.0 Å². The van der Waals surface area contributed by atoms with E-state index >= 15 is 0 Å². The van der Waals surface area contributed by atoms with Gasteiger partial charge in [-0.25, -0.2) is 8.42 Å². The van der Waals surface area contributed by atoms with Crippen LogP contribution in [0.4, 0.5) is 5.69 Å². The molecule has 28 heavy (non-hydrogen) atoms. The molecule has 0 radical (unpaired) electrons. The smallest absolute Gasteiger partial charge is 0.304 e.